The van der Waals surface area contributed by atoms with Crippen LogP contribution in [-0.4, -0.2) is 23.0 Å². The predicted octanol–water partition coefficient (Wildman–Crippen LogP) is 1.48. The van der Waals surface area contributed by atoms with Crippen LogP contribution < -0.4 is 10.6 Å². The number of nitriles is 1. The van der Waals surface area contributed by atoms with Crippen molar-refractivity contribution in [3.05, 3.63) is 41.6 Å². The van der Waals surface area contributed by atoms with Crippen LogP contribution in [0.15, 0.2) is 36.0 Å². The van der Waals surface area contributed by atoms with E-state index in [9.17, 15) is 9.59 Å². The molecule has 0 atom stereocenters. The Labute approximate surface area is 115 Å². The quantitative estimate of drug-likeness (QED) is 0.556. The molecule has 6 nitrogen and oxygen atoms in total. The summed E-state index contributed by atoms with van der Waals surface area (Å²) in [6, 6.07) is 7.91. The summed E-state index contributed by atoms with van der Waals surface area (Å²) in [7, 11) is 0. The van der Waals surface area contributed by atoms with Crippen molar-refractivity contribution in [2.75, 3.05) is 5.32 Å². The minimum Gasteiger partial charge on any atom is -0.478 e. The zero-order valence-corrected chi connectivity index (χ0v) is 10.6. The first-order chi connectivity index (χ1) is 9.60. The van der Waals surface area contributed by atoms with Crippen molar-refractivity contribution in [3.63, 3.8) is 0 Å². The molecule has 0 aromatic heterocycles. The smallest absolute Gasteiger partial charge is 0.335 e. The van der Waals surface area contributed by atoms with Crippen molar-refractivity contribution in [1.82, 2.24) is 5.32 Å². The molecule has 0 spiro atoms. The summed E-state index contributed by atoms with van der Waals surface area (Å²) < 4.78 is 0. The van der Waals surface area contributed by atoms with Crippen LogP contribution in [-0.2, 0) is 4.79 Å². The molecule has 1 amide bonds. The zero-order valence-electron chi connectivity index (χ0n) is 10.6. The van der Waals surface area contributed by atoms with E-state index < -0.39 is 11.9 Å². The van der Waals surface area contributed by atoms with Gasteiger partial charge in [0.1, 0.15) is 11.6 Å². The average molecular weight is 271 g/mol. The van der Waals surface area contributed by atoms with Gasteiger partial charge in [-0.15, -0.1) is 0 Å². The van der Waals surface area contributed by atoms with Crippen LogP contribution in [0.4, 0.5) is 5.69 Å². The number of nitrogens with zero attached hydrogens (tertiary/aromatic N) is 1. The summed E-state index contributed by atoms with van der Waals surface area (Å²) in [4.78, 5) is 22.5. The summed E-state index contributed by atoms with van der Waals surface area (Å²) in [5.41, 5.74) is 0.557. The summed E-state index contributed by atoms with van der Waals surface area (Å²) in [6.45, 7) is 0. The highest BCUT2D eigenvalue weighted by Crippen LogP contribution is 2.18. The number of carboxylic acids is 1. The molecule has 0 radical (unpaired) electrons. The van der Waals surface area contributed by atoms with Crippen molar-refractivity contribution in [3.8, 4) is 6.07 Å². The van der Waals surface area contributed by atoms with Gasteiger partial charge in [-0.05, 0) is 37.1 Å². The van der Waals surface area contributed by atoms with Gasteiger partial charge in [-0.2, -0.15) is 5.26 Å². The molecule has 2 rings (SSSR count). The number of carbonyl (C=O) groups excluding carboxylic acids is 1. The minimum absolute atomic E-state index is 0.0146. The standard InChI is InChI=1S/C14H13N3O3/c15-7-10(8-16-11-5-6-11)13(18)17-12-3-1-9(2-4-12)14(19)20/h1-4,8,11,16H,5-6H2,(H,17,18)(H,19,20)/b10-8-. The Morgan fingerprint density at radius 3 is 2.45 bits per heavy atom. The molecular formula is C14H13N3O3. The Kier molecular flexibility index (Phi) is 4.01. The molecule has 0 unspecified atom stereocenters. The SMILES string of the molecule is N#C/C(=C/NC1CC1)C(=O)Nc1ccc(C(=O)O)cc1. The van der Waals surface area contributed by atoms with Crippen LogP contribution in [0.1, 0.15) is 23.2 Å². The monoisotopic (exact) mass is 271 g/mol. The van der Waals surface area contributed by atoms with E-state index in [0.717, 1.165) is 12.8 Å². The average Bonchev–Trinajstić information content (AvgIpc) is 3.24. The highest BCUT2D eigenvalue weighted by atomic mass is 16.4. The Bertz CT molecular complexity index is 595. The lowest BCUT2D eigenvalue weighted by atomic mass is 10.2. The number of amides is 1. The van der Waals surface area contributed by atoms with E-state index in [0.29, 0.717) is 11.7 Å². The Morgan fingerprint density at radius 2 is 1.95 bits per heavy atom. The highest BCUT2D eigenvalue weighted by molar-refractivity contribution is 6.06. The highest BCUT2D eigenvalue weighted by Gasteiger charge is 2.20. The van der Waals surface area contributed by atoms with Gasteiger partial charge in [0.25, 0.3) is 5.91 Å². The number of anilines is 1. The molecule has 3 N–H and O–H groups in total. The van der Waals surface area contributed by atoms with E-state index in [-0.39, 0.29) is 11.1 Å². The van der Waals surface area contributed by atoms with Crippen molar-refractivity contribution in [1.29, 1.82) is 5.26 Å². The topological polar surface area (TPSA) is 102 Å². The Hall–Kier alpha value is -2.81. The van der Waals surface area contributed by atoms with Crippen molar-refractivity contribution in [2.45, 2.75) is 18.9 Å². The molecule has 102 valence electrons. The molecule has 1 fully saturated rings. The van der Waals surface area contributed by atoms with E-state index in [1.807, 2.05) is 6.07 Å². The van der Waals surface area contributed by atoms with Crippen LogP contribution in [0.25, 0.3) is 0 Å². The first kappa shape index (κ1) is 13.6. The van der Waals surface area contributed by atoms with Crippen LogP contribution in [0.2, 0.25) is 0 Å². The lowest BCUT2D eigenvalue weighted by Crippen LogP contribution is -2.17. The van der Waals surface area contributed by atoms with E-state index in [1.165, 1.54) is 30.5 Å². The maximum absolute atomic E-state index is 11.8. The summed E-state index contributed by atoms with van der Waals surface area (Å²) in [5, 5.41) is 23.2. The summed E-state index contributed by atoms with van der Waals surface area (Å²) in [6.07, 6.45) is 3.51. The third-order valence-corrected chi connectivity index (χ3v) is 2.80. The first-order valence-electron chi connectivity index (χ1n) is 6.11. The lowest BCUT2D eigenvalue weighted by molar-refractivity contribution is -0.112. The third-order valence-electron chi connectivity index (χ3n) is 2.80. The van der Waals surface area contributed by atoms with Crippen LogP contribution >= 0.6 is 0 Å². The third kappa shape index (κ3) is 3.59. The molecule has 20 heavy (non-hydrogen) atoms. The summed E-state index contributed by atoms with van der Waals surface area (Å²) in [5.74, 6) is -1.56. The van der Waals surface area contributed by atoms with Crippen molar-refractivity contribution >= 4 is 17.6 Å². The van der Waals surface area contributed by atoms with Gasteiger partial charge in [0.2, 0.25) is 0 Å². The number of nitrogens with one attached hydrogen (secondary N) is 2. The number of carboxylic acid groups (broad SMARTS) is 1. The molecule has 0 bridgehead atoms. The number of carbonyl (C=O) groups is 2. The van der Waals surface area contributed by atoms with Crippen LogP contribution in [0, 0.1) is 11.3 Å². The largest absolute Gasteiger partial charge is 0.478 e. The number of aromatic carboxylic acids is 1. The predicted molar refractivity (Wildman–Crippen MR) is 71.9 cm³/mol. The molecule has 0 aliphatic heterocycles. The second-order valence-corrected chi connectivity index (χ2v) is 4.45. The van der Waals surface area contributed by atoms with Crippen LogP contribution in [0.5, 0.6) is 0 Å². The maximum atomic E-state index is 11.8. The minimum atomic E-state index is -1.03. The molecule has 1 aliphatic carbocycles. The van der Waals surface area contributed by atoms with E-state index in [1.54, 1.807) is 0 Å². The summed E-state index contributed by atoms with van der Waals surface area (Å²) >= 11 is 0. The molecule has 1 aliphatic rings. The number of hydrogen-bond donors (Lipinski definition) is 3. The molecule has 0 heterocycles. The number of hydrogen-bond acceptors (Lipinski definition) is 4. The van der Waals surface area contributed by atoms with Gasteiger partial charge in [-0.3, -0.25) is 4.79 Å². The number of benzene rings is 1. The maximum Gasteiger partial charge on any atom is 0.335 e. The molecule has 1 aromatic rings. The molecule has 6 heteroatoms. The first-order valence-corrected chi connectivity index (χ1v) is 6.11. The fourth-order valence-electron chi connectivity index (χ4n) is 1.49. The normalized spacial score (nSPS) is 14.2. The van der Waals surface area contributed by atoms with Gasteiger partial charge >= 0.3 is 5.97 Å². The van der Waals surface area contributed by atoms with Gasteiger partial charge in [-0.1, -0.05) is 0 Å². The second kappa shape index (κ2) is 5.89. The van der Waals surface area contributed by atoms with Crippen molar-refractivity contribution in [2.24, 2.45) is 0 Å². The fraction of sp³-hybridized carbons (Fsp3) is 0.214. The van der Waals surface area contributed by atoms with Gasteiger partial charge in [0, 0.05) is 17.9 Å². The van der Waals surface area contributed by atoms with E-state index in [2.05, 4.69) is 10.6 Å². The zero-order chi connectivity index (χ0) is 14.5. The molecule has 0 saturated heterocycles. The van der Waals surface area contributed by atoms with Crippen molar-refractivity contribution < 1.29 is 14.7 Å². The second-order valence-electron chi connectivity index (χ2n) is 4.45. The Morgan fingerprint density at radius 1 is 1.30 bits per heavy atom. The fourth-order valence-corrected chi connectivity index (χ4v) is 1.49. The van der Waals surface area contributed by atoms with Gasteiger partial charge in [0.05, 0.1) is 5.56 Å². The molecule has 1 saturated carbocycles. The molecule has 1 aromatic carbocycles. The lowest BCUT2D eigenvalue weighted by Gasteiger charge is -2.05. The van der Waals surface area contributed by atoms with Gasteiger partial charge in [-0.25, -0.2) is 4.79 Å². The Balaban J connectivity index is 2.00. The van der Waals surface area contributed by atoms with E-state index >= 15 is 0 Å². The van der Waals surface area contributed by atoms with Crippen LogP contribution in [0.3, 0.4) is 0 Å². The number of rotatable bonds is 5. The molecular weight excluding hydrogens is 258 g/mol. The van der Waals surface area contributed by atoms with E-state index in [4.69, 9.17) is 10.4 Å². The van der Waals surface area contributed by atoms with Gasteiger partial charge in [0.15, 0.2) is 0 Å². The van der Waals surface area contributed by atoms with Gasteiger partial charge < -0.3 is 15.7 Å².